The number of hydrogen-bond acceptors (Lipinski definition) is 4. The molecule has 236 valence electrons. The van der Waals surface area contributed by atoms with Crippen LogP contribution in [0.3, 0.4) is 0 Å². The van der Waals surface area contributed by atoms with Crippen LogP contribution >= 0.6 is 11.8 Å². The van der Waals surface area contributed by atoms with Crippen molar-refractivity contribution in [3.8, 4) is 5.75 Å². The Hall–Kier alpha value is -1.49. The second kappa shape index (κ2) is 14.1. The lowest BCUT2D eigenvalue weighted by Crippen LogP contribution is -2.35. The summed E-state index contributed by atoms with van der Waals surface area (Å²) in [5.41, 5.74) is 2.56. The number of hydrogen-bond donors (Lipinski definition) is 1. The number of imide groups is 1. The highest BCUT2D eigenvalue weighted by Gasteiger charge is 2.63. The Labute approximate surface area is 261 Å². The van der Waals surface area contributed by atoms with Crippen molar-refractivity contribution >= 4 is 23.6 Å². The summed E-state index contributed by atoms with van der Waals surface area (Å²) in [7, 11) is 0. The van der Waals surface area contributed by atoms with Crippen LogP contribution in [-0.2, 0) is 26.8 Å². The van der Waals surface area contributed by atoms with Crippen LogP contribution in [0, 0.1) is 23.7 Å². The topological polar surface area (TPSA) is 57.6 Å². The average Bonchev–Trinajstić information content (AvgIpc) is 3.56. The van der Waals surface area contributed by atoms with Crippen LogP contribution in [0.15, 0.2) is 12.1 Å². The van der Waals surface area contributed by atoms with Gasteiger partial charge in [-0.1, -0.05) is 118 Å². The molecule has 1 aromatic rings. The first kappa shape index (κ1) is 33.4. The molecular weight excluding hydrogens is 538 g/mol. The van der Waals surface area contributed by atoms with Gasteiger partial charge in [0.1, 0.15) is 5.75 Å². The first-order valence-corrected chi connectivity index (χ1v) is 18.2. The number of unbranched alkanes of at least 4 members (excludes halogenated alkanes) is 9. The van der Waals surface area contributed by atoms with E-state index in [4.69, 9.17) is 0 Å². The fraction of sp³-hybridized carbons (Fsp3) is 0.784. The number of nitrogens with zero attached hydrogens (tertiary/aromatic N) is 1. The normalized spacial score (nSPS) is 25.6. The number of rotatable bonds is 15. The van der Waals surface area contributed by atoms with Crippen molar-refractivity contribution in [1.82, 2.24) is 4.90 Å². The molecule has 0 radical (unpaired) electrons. The number of amides is 2. The smallest absolute Gasteiger partial charge is 0.233 e. The second-order valence-corrected chi connectivity index (χ2v) is 17.0. The Morgan fingerprint density at radius 3 is 1.86 bits per heavy atom. The first-order chi connectivity index (χ1) is 19.8. The van der Waals surface area contributed by atoms with E-state index in [0.717, 1.165) is 29.5 Å². The number of aromatic hydroxyl groups is 1. The van der Waals surface area contributed by atoms with Gasteiger partial charge in [0.15, 0.2) is 0 Å². The zero-order valence-electron chi connectivity index (χ0n) is 27.8. The Morgan fingerprint density at radius 2 is 1.31 bits per heavy atom. The van der Waals surface area contributed by atoms with Gasteiger partial charge in [0.25, 0.3) is 0 Å². The van der Waals surface area contributed by atoms with Gasteiger partial charge in [0.05, 0.1) is 11.8 Å². The third kappa shape index (κ3) is 7.59. The van der Waals surface area contributed by atoms with Gasteiger partial charge in [-0.2, -0.15) is 11.8 Å². The molecule has 2 saturated carbocycles. The lowest BCUT2D eigenvalue weighted by molar-refractivity contribution is -0.140. The summed E-state index contributed by atoms with van der Waals surface area (Å²) in [6.45, 7) is 15.4. The SMILES string of the molecule is CCCCCCCCCCCCSC1CC2CC1C1C(=O)N(CCc3cc(C(C)(C)C)c(O)c(C(C)(C)C)c3)C(=O)C21. The van der Waals surface area contributed by atoms with Crippen molar-refractivity contribution < 1.29 is 14.7 Å². The predicted octanol–water partition coefficient (Wildman–Crippen LogP) is 9.19. The van der Waals surface area contributed by atoms with Crippen LogP contribution in [0.1, 0.15) is 142 Å². The van der Waals surface area contributed by atoms with Crippen molar-refractivity contribution in [1.29, 1.82) is 0 Å². The maximum atomic E-state index is 13.7. The highest BCUT2D eigenvalue weighted by Crippen LogP contribution is 2.59. The molecule has 42 heavy (non-hydrogen) atoms. The van der Waals surface area contributed by atoms with E-state index in [1.54, 1.807) is 4.90 Å². The lowest BCUT2D eigenvalue weighted by atomic mass is 9.78. The van der Waals surface area contributed by atoms with Gasteiger partial charge in [-0.25, -0.2) is 0 Å². The predicted molar refractivity (Wildman–Crippen MR) is 177 cm³/mol. The van der Waals surface area contributed by atoms with Crippen LogP contribution in [0.25, 0.3) is 0 Å². The third-order valence-electron chi connectivity index (χ3n) is 10.3. The number of phenolic OH excluding ortho intramolecular Hbond substituents is 1. The quantitative estimate of drug-likeness (QED) is 0.162. The lowest BCUT2D eigenvalue weighted by Gasteiger charge is -2.28. The van der Waals surface area contributed by atoms with Crippen LogP contribution in [0.4, 0.5) is 0 Å². The highest BCUT2D eigenvalue weighted by molar-refractivity contribution is 7.99. The van der Waals surface area contributed by atoms with Gasteiger partial charge in [-0.15, -0.1) is 0 Å². The van der Waals surface area contributed by atoms with Crippen molar-refractivity contribution in [2.75, 3.05) is 12.3 Å². The van der Waals surface area contributed by atoms with Crippen LogP contribution < -0.4 is 0 Å². The minimum atomic E-state index is -0.198. The average molecular weight is 598 g/mol. The van der Waals surface area contributed by atoms with Crippen molar-refractivity contribution in [3.63, 3.8) is 0 Å². The van der Waals surface area contributed by atoms with E-state index in [2.05, 4.69) is 72.4 Å². The van der Waals surface area contributed by atoms with Crippen molar-refractivity contribution in [3.05, 3.63) is 28.8 Å². The molecule has 1 aromatic carbocycles. The van der Waals surface area contributed by atoms with Gasteiger partial charge in [-0.3, -0.25) is 14.5 Å². The molecule has 2 bridgehead atoms. The number of carbonyl (C=O) groups is 2. The fourth-order valence-electron chi connectivity index (χ4n) is 7.92. The number of carbonyl (C=O) groups excluding carboxylic acids is 2. The summed E-state index contributed by atoms with van der Waals surface area (Å²) in [5, 5.41) is 11.6. The number of phenols is 1. The molecule has 2 aliphatic carbocycles. The van der Waals surface area contributed by atoms with E-state index in [0.29, 0.717) is 35.8 Å². The largest absolute Gasteiger partial charge is 0.507 e. The number of benzene rings is 1. The molecule has 4 nitrogen and oxygen atoms in total. The molecule has 5 atom stereocenters. The fourth-order valence-corrected chi connectivity index (χ4v) is 9.51. The third-order valence-corrected chi connectivity index (χ3v) is 11.8. The molecule has 4 rings (SSSR count). The molecule has 1 N–H and O–H groups in total. The Kier molecular flexibility index (Phi) is 11.2. The van der Waals surface area contributed by atoms with E-state index >= 15 is 0 Å². The minimum Gasteiger partial charge on any atom is -0.507 e. The van der Waals surface area contributed by atoms with Gasteiger partial charge in [-0.05, 0) is 70.8 Å². The summed E-state index contributed by atoms with van der Waals surface area (Å²) >= 11 is 2.09. The molecule has 3 fully saturated rings. The standard InChI is InChI=1S/C37H59NO3S/c1-8-9-10-11-12-13-14-15-16-17-20-42-30-24-26-23-27(30)32-31(26)34(40)38(35(32)41)19-18-25-21-28(36(2,3)4)33(39)29(22-25)37(5,6)7/h21-22,26-27,30-32,39H,8-20,23-24H2,1-7H3. The van der Waals surface area contributed by atoms with E-state index in [9.17, 15) is 14.7 Å². The summed E-state index contributed by atoms with van der Waals surface area (Å²) in [4.78, 5) is 28.8. The molecular formula is C37H59NO3S. The van der Waals surface area contributed by atoms with Gasteiger partial charge >= 0.3 is 0 Å². The van der Waals surface area contributed by atoms with Crippen molar-refractivity contribution in [2.45, 2.75) is 148 Å². The summed E-state index contributed by atoms with van der Waals surface area (Å²) in [6, 6.07) is 4.17. The number of likely N-dealkylation sites (tertiary alicyclic amines) is 1. The molecule has 1 heterocycles. The van der Waals surface area contributed by atoms with Crippen molar-refractivity contribution in [2.24, 2.45) is 23.7 Å². The number of thioether (sulfide) groups is 1. The molecule has 2 amide bonds. The molecule has 0 spiro atoms. The van der Waals surface area contributed by atoms with Crippen LogP contribution in [0.2, 0.25) is 0 Å². The molecule has 5 unspecified atom stereocenters. The zero-order chi connectivity index (χ0) is 30.7. The zero-order valence-corrected chi connectivity index (χ0v) is 28.6. The molecule has 1 saturated heterocycles. The second-order valence-electron chi connectivity index (χ2n) is 15.7. The molecule has 1 aliphatic heterocycles. The highest BCUT2D eigenvalue weighted by atomic mass is 32.2. The van der Waals surface area contributed by atoms with E-state index in [1.807, 2.05) is 0 Å². The maximum Gasteiger partial charge on any atom is 0.233 e. The van der Waals surface area contributed by atoms with E-state index in [1.165, 1.54) is 70.0 Å². The van der Waals surface area contributed by atoms with Gasteiger partial charge in [0, 0.05) is 11.8 Å². The Morgan fingerprint density at radius 1 is 0.786 bits per heavy atom. The summed E-state index contributed by atoms with van der Waals surface area (Å²) in [6.07, 6.45) is 16.5. The maximum absolute atomic E-state index is 13.7. The monoisotopic (exact) mass is 597 g/mol. The Balaban J connectivity index is 1.27. The molecule has 3 aliphatic rings. The summed E-state index contributed by atoms with van der Waals surface area (Å²) < 4.78 is 0. The summed E-state index contributed by atoms with van der Waals surface area (Å²) in [5.74, 6) is 2.35. The number of fused-ring (bicyclic) bond motifs is 5. The van der Waals surface area contributed by atoms with Gasteiger partial charge < -0.3 is 5.11 Å². The van der Waals surface area contributed by atoms with Gasteiger partial charge in [0.2, 0.25) is 11.8 Å². The molecule has 0 aromatic heterocycles. The molecule has 5 heteroatoms. The first-order valence-electron chi connectivity index (χ1n) is 17.2. The van der Waals surface area contributed by atoms with E-state index in [-0.39, 0.29) is 34.5 Å². The van der Waals surface area contributed by atoms with Crippen LogP contribution in [0.5, 0.6) is 5.75 Å². The Bertz CT molecular complexity index is 1050. The van der Waals surface area contributed by atoms with Crippen LogP contribution in [-0.4, -0.2) is 39.4 Å². The van der Waals surface area contributed by atoms with E-state index < -0.39 is 0 Å². The minimum absolute atomic E-state index is 0.0771.